The predicted molar refractivity (Wildman–Crippen MR) is 163 cm³/mol. The van der Waals surface area contributed by atoms with Gasteiger partial charge in [0, 0.05) is 0 Å². The smallest absolute Gasteiger partial charge is 0.311 e. The minimum atomic E-state index is -0.932. The number of carbonyl (C=O) groups is 3. The van der Waals surface area contributed by atoms with E-state index in [0.717, 1.165) is 19.3 Å². The molecule has 0 aromatic heterocycles. The van der Waals surface area contributed by atoms with Gasteiger partial charge in [0.15, 0.2) is 0 Å². The molecule has 0 amide bonds. The predicted octanol–water partition coefficient (Wildman–Crippen LogP) is 8.17. The lowest BCUT2D eigenvalue weighted by Gasteiger charge is -2.42. The minimum absolute atomic E-state index is 0.225. The van der Waals surface area contributed by atoms with E-state index >= 15 is 0 Å². The number of hydrogen-bond acceptors (Lipinski definition) is 3. The van der Waals surface area contributed by atoms with Gasteiger partial charge in [0.25, 0.3) is 0 Å². The SMILES string of the molecule is CCCCCCC/C=C/CCCCCCCCCCCC[N+](CC(C)C(=O)O)(CC(C)C(=O)O)CC(C)C(=O)O. The first-order valence-corrected chi connectivity index (χ1v) is 16.2. The molecule has 3 N–H and O–H groups in total. The molecule has 234 valence electrons. The van der Waals surface area contributed by atoms with Gasteiger partial charge in [-0.1, -0.05) is 89.7 Å². The summed E-state index contributed by atoms with van der Waals surface area (Å²) in [6, 6.07) is 0. The number of carboxylic acids is 3. The Bertz CT molecular complexity index is 652. The summed E-state index contributed by atoms with van der Waals surface area (Å²) >= 11 is 0. The monoisotopic (exact) mass is 568 g/mol. The normalized spacial score (nSPS) is 15.5. The van der Waals surface area contributed by atoms with Gasteiger partial charge < -0.3 is 19.8 Å². The van der Waals surface area contributed by atoms with Crippen LogP contribution in [0.4, 0.5) is 0 Å². The molecule has 0 aromatic rings. The van der Waals surface area contributed by atoms with Crippen molar-refractivity contribution in [1.82, 2.24) is 0 Å². The Morgan fingerprint density at radius 1 is 0.525 bits per heavy atom. The molecular formula is C33H62NO6+. The number of aliphatic carboxylic acids is 3. The molecule has 3 unspecified atom stereocenters. The van der Waals surface area contributed by atoms with Gasteiger partial charge >= 0.3 is 17.9 Å². The Balaban J connectivity index is 4.31. The highest BCUT2D eigenvalue weighted by Crippen LogP contribution is 2.22. The van der Waals surface area contributed by atoms with Crippen LogP contribution < -0.4 is 0 Å². The molecule has 0 aliphatic carbocycles. The highest BCUT2D eigenvalue weighted by molar-refractivity contribution is 5.70. The average Bonchev–Trinajstić information content (AvgIpc) is 2.89. The molecule has 0 bridgehead atoms. The van der Waals surface area contributed by atoms with Crippen molar-refractivity contribution < 1.29 is 34.2 Å². The van der Waals surface area contributed by atoms with Crippen molar-refractivity contribution in [3.05, 3.63) is 12.2 Å². The molecule has 0 saturated heterocycles. The molecule has 0 aliphatic heterocycles. The summed E-state index contributed by atoms with van der Waals surface area (Å²) in [5.74, 6) is -4.80. The van der Waals surface area contributed by atoms with E-state index in [1.54, 1.807) is 20.8 Å². The van der Waals surface area contributed by atoms with Gasteiger partial charge in [-0.3, -0.25) is 14.4 Å². The Kier molecular flexibility index (Phi) is 22.7. The molecule has 0 rings (SSSR count). The largest absolute Gasteiger partial charge is 0.481 e. The van der Waals surface area contributed by atoms with Gasteiger partial charge in [0.2, 0.25) is 0 Å². The summed E-state index contributed by atoms with van der Waals surface area (Å²) in [5.41, 5.74) is 0. The average molecular weight is 569 g/mol. The Morgan fingerprint density at radius 3 is 1.15 bits per heavy atom. The summed E-state index contributed by atoms with van der Waals surface area (Å²) in [6.45, 7) is 8.49. The van der Waals surface area contributed by atoms with E-state index in [1.807, 2.05) is 0 Å². The molecule has 0 aliphatic rings. The van der Waals surface area contributed by atoms with Crippen molar-refractivity contribution in [3.8, 4) is 0 Å². The Morgan fingerprint density at radius 2 is 0.825 bits per heavy atom. The number of carboxylic acid groups (broad SMARTS) is 3. The van der Waals surface area contributed by atoms with Gasteiger partial charge in [-0.15, -0.1) is 0 Å². The molecule has 3 atom stereocenters. The van der Waals surface area contributed by atoms with Crippen molar-refractivity contribution in [2.45, 2.75) is 137 Å². The first-order valence-electron chi connectivity index (χ1n) is 16.2. The van der Waals surface area contributed by atoms with Crippen LogP contribution in [0.1, 0.15) is 137 Å². The molecule has 0 saturated carbocycles. The van der Waals surface area contributed by atoms with E-state index in [0.29, 0.717) is 6.54 Å². The molecule has 0 radical (unpaired) electrons. The van der Waals surface area contributed by atoms with E-state index in [2.05, 4.69) is 19.1 Å². The summed E-state index contributed by atoms with van der Waals surface area (Å²) in [7, 11) is 0. The molecule has 0 aromatic carbocycles. The topological polar surface area (TPSA) is 112 Å². The van der Waals surface area contributed by atoms with Crippen molar-refractivity contribution in [2.24, 2.45) is 17.8 Å². The molecular weight excluding hydrogens is 506 g/mol. The number of unbranched alkanes of at least 4 members (excludes halogenated alkanes) is 15. The van der Waals surface area contributed by atoms with Crippen LogP contribution in [0.25, 0.3) is 0 Å². The van der Waals surface area contributed by atoms with Crippen LogP contribution in [-0.2, 0) is 14.4 Å². The minimum Gasteiger partial charge on any atom is -0.481 e. The number of hydrogen-bond donors (Lipinski definition) is 3. The van der Waals surface area contributed by atoms with Crippen LogP contribution in [0.3, 0.4) is 0 Å². The van der Waals surface area contributed by atoms with Crippen molar-refractivity contribution in [2.75, 3.05) is 26.2 Å². The van der Waals surface area contributed by atoms with Crippen LogP contribution in [0, 0.1) is 17.8 Å². The lowest BCUT2D eigenvalue weighted by Crippen LogP contribution is -2.57. The van der Waals surface area contributed by atoms with E-state index in [1.165, 1.54) is 89.9 Å². The molecule has 0 spiro atoms. The molecule has 0 fully saturated rings. The van der Waals surface area contributed by atoms with E-state index in [9.17, 15) is 29.7 Å². The van der Waals surface area contributed by atoms with Gasteiger partial charge in [0.1, 0.15) is 17.8 Å². The summed E-state index contributed by atoms with van der Waals surface area (Å²) in [4.78, 5) is 34.9. The summed E-state index contributed by atoms with van der Waals surface area (Å²) < 4.78 is 0.225. The quantitative estimate of drug-likeness (QED) is 0.0498. The molecule has 7 nitrogen and oxygen atoms in total. The van der Waals surface area contributed by atoms with Crippen molar-refractivity contribution in [1.29, 1.82) is 0 Å². The molecule has 0 heterocycles. The van der Waals surface area contributed by atoms with E-state index in [4.69, 9.17) is 0 Å². The lowest BCUT2D eigenvalue weighted by atomic mass is 10.00. The summed E-state index contributed by atoms with van der Waals surface area (Å²) in [5, 5.41) is 28.6. The maximum absolute atomic E-state index is 11.6. The van der Waals surface area contributed by atoms with Gasteiger partial charge in [-0.05, 0) is 59.3 Å². The third kappa shape index (κ3) is 20.1. The van der Waals surface area contributed by atoms with Gasteiger partial charge in [0.05, 0.1) is 26.2 Å². The first kappa shape index (κ1) is 38.1. The second-order valence-electron chi connectivity index (χ2n) is 12.3. The number of quaternary nitrogens is 1. The fraction of sp³-hybridized carbons (Fsp3) is 0.848. The lowest BCUT2D eigenvalue weighted by molar-refractivity contribution is -0.934. The number of nitrogens with zero attached hydrogens (tertiary/aromatic N) is 1. The maximum Gasteiger partial charge on any atom is 0.311 e. The maximum atomic E-state index is 11.6. The third-order valence-electron chi connectivity index (χ3n) is 8.14. The van der Waals surface area contributed by atoms with E-state index in [-0.39, 0.29) is 24.1 Å². The van der Waals surface area contributed by atoms with Crippen LogP contribution in [0.2, 0.25) is 0 Å². The second-order valence-corrected chi connectivity index (χ2v) is 12.3. The first-order chi connectivity index (χ1) is 19.0. The van der Waals surface area contributed by atoms with Crippen LogP contribution >= 0.6 is 0 Å². The highest BCUT2D eigenvalue weighted by atomic mass is 16.4. The van der Waals surface area contributed by atoms with Gasteiger partial charge in [-0.2, -0.15) is 0 Å². The van der Waals surface area contributed by atoms with Gasteiger partial charge in [-0.25, -0.2) is 0 Å². The van der Waals surface area contributed by atoms with Crippen molar-refractivity contribution in [3.63, 3.8) is 0 Å². The van der Waals surface area contributed by atoms with Crippen LogP contribution in [-0.4, -0.2) is 63.9 Å². The fourth-order valence-electron chi connectivity index (χ4n) is 5.70. The highest BCUT2D eigenvalue weighted by Gasteiger charge is 2.38. The van der Waals surface area contributed by atoms with E-state index < -0.39 is 35.7 Å². The number of rotatable bonds is 28. The number of allylic oxidation sites excluding steroid dienone is 2. The molecule has 7 heteroatoms. The summed E-state index contributed by atoms with van der Waals surface area (Å²) in [6.07, 6.45) is 25.7. The van der Waals surface area contributed by atoms with Crippen molar-refractivity contribution >= 4 is 17.9 Å². The fourth-order valence-corrected chi connectivity index (χ4v) is 5.70. The second kappa shape index (κ2) is 23.8. The molecule has 40 heavy (non-hydrogen) atoms. The standard InChI is InChI=1S/C33H61NO6/c1-5-6-7-8-9-10-11-12-13-14-15-16-17-18-19-20-21-22-23-24-34(25-28(2)31(35)36,26-29(3)32(37)38)27-30(4)33(39)40/h11-12,28-30H,5-10,13-27H2,1-4H3,(H2-,35,36,37,38,39,40)/p+1/b12-11+. The zero-order chi connectivity index (χ0) is 30.2. The zero-order valence-electron chi connectivity index (χ0n) is 26.2. The van der Waals surface area contributed by atoms with Crippen LogP contribution in [0.15, 0.2) is 12.2 Å². The Labute approximate surface area is 245 Å². The third-order valence-corrected chi connectivity index (χ3v) is 8.14. The zero-order valence-corrected chi connectivity index (χ0v) is 26.2. The Hall–Kier alpha value is -1.89. The van der Waals surface area contributed by atoms with Crippen LogP contribution in [0.5, 0.6) is 0 Å².